The predicted molar refractivity (Wildman–Crippen MR) is 169 cm³/mol. The average molecular weight is 583 g/mol. The van der Waals surface area contributed by atoms with Gasteiger partial charge >= 0.3 is 6.09 Å². The van der Waals surface area contributed by atoms with E-state index in [-0.39, 0.29) is 24.3 Å². The Balaban J connectivity index is 2.14. The van der Waals surface area contributed by atoms with Crippen LogP contribution in [0.3, 0.4) is 0 Å². The molecule has 0 aromatic heterocycles. The van der Waals surface area contributed by atoms with Crippen molar-refractivity contribution in [1.82, 2.24) is 10.6 Å². The fourth-order valence-electron chi connectivity index (χ4n) is 4.81. The second-order valence-corrected chi connectivity index (χ2v) is 13.4. The molecular formula is C35H54N2O5. The monoisotopic (exact) mass is 582 g/mol. The second kappa shape index (κ2) is 16.5. The highest BCUT2D eigenvalue weighted by atomic mass is 16.6. The molecule has 0 radical (unpaired) electrons. The zero-order chi connectivity index (χ0) is 31.3. The molecule has 0 heterocycles. The van der Waals surface area contributed by atoms with Gasteiger partial charge in [-0.3, -0.25) is 4.79 Å². The maximum atomic E-state index is 12.9. The molecule has 3 N–H and O–H groups in total. The van der Waals surface area contributed by atoms with Crippen LogP contribution in [0.2, 0.25) is 0 Å². The summed E-state index contributed by atoms with van der Waals surface area (Å²) in [5.74, 6) is 1.12. The van der Waals surface area contributed by atoms with Crippen molar-refractivity contribution in [1.29, 1.82) is 0 Å². The van der Waals surface area contributed by atoms with Crippen LogP contribution in [0.4, 0.5) is 4.79 Å². The summed E-state index contributed by atoms with van der Waals surface area (Å²) in [4.78, 5) is 25.7. The summed E-state index contributed by atoms with van der Waals surface area (Å²) >= 11 is 0. The molecule has 0 aliphatic heterocycles. The van der Waals surface area contributed by atoms with Crippen molar-refractivity contribution < 1.29 is 24.2 Å². The number of nitrogens with one attached hydrogen (secondary N) is 2. The number of amides is 2. The van der Waals surface area contributed by atoms with Crippen LogP contribution in [-0.2, 0) is 22.6 Å². The minimum Gasteiger partial charge on any atom is -0.489 e. The zero-order valence-electron chi connectivity index (χ0n) is 27.0. The van der Waals surface area contributed by atoms with Gasteiger partial charge in [0.15, 0.2) is 0 Å². The molecule has 0 spiro atoms. The average Bonchev–Trinajstić information content (AvgIpc) is 2.92. The molecule has 42 heavy (non-hydrogen) atoms. The quantitative estimate of drug-likeness (QED) is 0.197. The molecule has 0 fully saturated rings. The summed E-state index contributed by atoms with van der Waals surface area (Å²) in [7, 11) is 0. The first-order valence-corrected chi connectivity index (χ1v) is 15.4. The van der Waals surface area contributed by atoms with Gasteiger partial charge in [0, 0.05) is 12.0 Å². The Bertz CT molecular complexity index is 1090. The number of carbonyl (C=O) groups is 2. The fraction of sp³-hybridized carbons (Fsp3) is 0.600. The molecule has 0 saturated carbocycles. The van der Waals surface area contributed by atoms with Crippen molar-refractivity contribution in [2.45, 2.75) is 112 Å². The highest BCUT2D eigenvalue weighted by Crippen LogP contribution is 2.27. The molecule has 0 bridgehead atoms. The molecule has 0 unspecified atom stereocenters. The van der Waals surface area contributed by atoms with E-state index in [9.17, 15) is 14.7 Å². The van der Waals surface area contributed by atoms with E-state index in [1.807, 2.05) is 56.3 Å². The molecule has 3 atom stereocenters. The number of hydrogen-bond donors (Lipinski definition) is 3. The molecule has 0 saturated heterocycles. The topological polar surface area (TPSA) is 96.9 Å². The smallest absolute Gasteiger partial charge is 0.407 e. The van der Waals surface area contributed by atoms with Crippen LogP contribution in [0.5, 0.6) is 5.75 Å². The molecule has 2 rings (SSSR count). The Morgan fingerprint density at radius 3 is 2.24 bits per heavy atom. The second-order valence-electron chi connectivity index (χ2n) is 13.4. The Hall–Kier alpha value is -3.06. The standard InChI is InChI=1S/C35H54N2O5/c1-9-10-19-35(7,8)32(39)36-23-31(38)30(37-33(40)42-34(4,5)6)22-28(25(2)3)20-27-17-14-18-29(21-27)41-24-26-15-12-11-13-16-26/h11-18,21,25,28,30-31,38H,9-10,19-20,22-24H2,1-8H3,(H,36,39)(H,37,40)/t28-,30-,31-/m0/s1. The van der Waals surface area contributed by atoms with Gasteiger partial charge in [0.05, 0.1) is 12.1 Å². The fourth-order valence-corrected chi connectivity index (χ4v) is 4.81. The van der Waals surface area contributed by atoms with E-state index in [1.54, 1.807) is 20.8 Å². The van der Waals surface area contributed by atoms with Gasteiger partial charge in [-0.05, 0) is 75.1 Å². The summed E-state index contributed by atoms with van der Waals surface area (Å²) in [5.41, 5.74) is 1.02. The Kier molecular flexibility index (Phi) is 13.8. The third-order valence-corrected chi connectivity index (χ3v) is 7.55. The molecule has 2 amide bonds. The maximum absolute atomic E-state index is 12.9. The van der Waals surface area contributed by atoms with Gasteiger partial charge in [0.2, 0.25) is 5.91 Å². The van der Waals surface area contributed by atoms with Gasteiger partial charge in [-0.2, -0.15) is 0 Å². The minimum atomic E-state index is -0.981. The SMILES string of the molecule is CCCCC(C)(C)C(=O)NC[C@H](O)[C@H](C[C@H](Cc1cccc(OCc2ccccc2)c1)C(C)C)NC(=O)OC(C)(C)C. The van der Waals surface area contributed by atoms with Crippen LogP contribution in [-0.4, -0.2) is 41.4 Å². The van der Waals surface area contributed by atoms with E-state index in [0.29, 0.717) is 13.0 Å². The summed E-state index contributed by atoms with van der Waals surface area (Å²) in [5, 5.41) is 17.1. The highest BCUT2D eigenvalue weighted by molar-refractivity contribution is 5.81. The Morgan fingerprint density at radius 2 is 1.62 bits per heavy atom. The minimum absolute atomic E-state index is 0.0441. The summed E-state index contributed by atoms with van der Waals surface area (Å²) in [6, 6.07) is 17.5. The normalized spacial score (nSPS) is 14.1. The molecule has 0 aliphatic carbocycles. The van der Waals surface area contributed by atoms with Crippen molar-refractivity contribution in [3.63, 3.8) is 0 Å². The zero-order valence-corrected chi connectivity index (χ0v) is 27.0. The number of rotatable bonds is 16. The van der Waals surface area contributed by atoms with E-state index in [0.717, 1.165) is 42.6 Å². The van der Waals surface area contributed by atoms with Gasteiger partial charge in [-0.15, -0.1) is 0 Å². The van der Waals surface area contributed by atoms with Crippen molar-refractivity contribution in [3.8, 4) is 5.75 Å². The number of carbonyl (C=O) groups excluding carboxylic acids is 2. The number of ether oxygens (including phenoxy) is 2. The molecular weight excluding hydrogens is 528 g/mol. The molecule has 234 valence electrons. The van der Waals surface area contributed by atoms with Crippen molar-refractivity contribution in [3.05, 3.63) is 65.7 Å². The number of alkyl carbamates (subject to hydrolysis) is 1. The van der Waals surface area contributed by atoms with Crippen LogP contribution in [0.1, 0.15) is 92.2 Å². The first-order valence-electron chi connectivity index (χ1n) is 15.4. The number of unbranched alkanes of at least 4 members (excludes halogenated alkanes) is 1. The molecule has 2 aromatic rings. The van der Waals surface area contributed by atoms with Crippen LogP contribution in [0.25, 0.3) is 0 Å². The molecule has 2 aromatic carbocycles. The van der Waals surface area contributed by atoms with Gasteiger partial charge in [-0.1, -0.05) is 89.9 Å². The van der Waals surface area contributed by atoms with E-state index in [2.05, 4.69) is 43.5 Å². The third kappa shape index (κ3) is 12.8. The summed E-state index contributed by atoms with van der Waals surface area (Å²) in [6.45, 7) is 16.2. The Labute approximate surface area is 253 Å². The highest BCUT2D eigenvalue weighted by Gasteiger charge is 2.31. The van der Waals surface area contributed by atoms with E-state index < -0.39 is 29.3 Å². The number of aliphatic hydroxyl groups excluding tert-OH is 1. The van der Waals surface area contributed by atoms with Gasteiger partial charge in [-0.25, -0.2) is 4.79 Å². The number of aliphatic hydroxyl groups is 1. The van der Waals surface area contributed by atoms with Crippen LogP contribution < -0.4 is 15.4 Å². The summed E-state index contributed by atoms with van der Waals surface area (Å²) in [6.07, 6.45) is 2.44. The summed E-state index contributed by atoms with van der Waals surface area (Å²) < 4.78 is 11.6. The number of benzene rings is 2. The lowest BCUT2D eigenvalue weighted by molar-refractivity contribution is -0.130. The lowest BCUT2D eigenvalue weighted by Gasteiger charge is -2.32. The van der Waals surface area contributed by atoms with Gasteiger partial charge in [0.25, 0.3) is 0 Å². The first-order chi connectivity index (χ1) is 19.7. The maximum Gasteiger partial charge on any atom is 0.407 e. The van der Waals surface area contributed by atoms with E-state index >= 15 is 0 Å². The predicted octanol–water partition coefficient (Wildman–Crippen LogP) is 7.06. The van der Waals surface area contributed by atoms with Crippen LogP contribution in [0.15, 0.2) is 54.6 Å². The molecule has 7 nitrogen and oxygen atoms in total. The molecule has 0 aliphatic rings. The number of hydrogen-bond acceptors (Lipinski definition) is 5. The van der Waals surface area contributed by atoms with Gasteiger partial charge < -0.3 is 25.2 Å². The van der Waals surface area contributed by atoms with Crippen molar-refractivity contribution in [2.24, 2.45) is 17.3 Å². The Morgan fingerprint density at radius 1 is 0.952 bits per heavy atom. The lowest BCUT2D eigenvalue weighted by Crippen LogP contribution is -2.51. The third-order valence-electron chi connectivity index (χ3n) is 7.55. The van der Waals surface area contributed by atoms with Crippen molar-refractivity contribution >= 4 is 12.0 Å². The van der Waals surface area contributed by atoms with Gasteiger partial charge in [0.1, 0.15) is 18.0 Å². The van der Waals surface area contributed by atoms with E-state index in [1.165, 1.54) is 0 Å². The van der Waals surface area contributed by atoms with Crippen LogP contribution >= 0.6 is 0 Å². The van der Waals surface area contributed by atoms with Crippen LogP contribution in [0, 0.1) is 17.3 Å². The molecule has 7 heteroatoms. The first kappa shape index (κ1) is 35.1. The lowest BCUT2D eigenvalue weighted by atomic mass is 9.82. The largest absolute Gasteiger partial charge is 0.489 e. The van der Waals surface area contributed by atoms with Crippen molar-refractivity contribution in [2.75, 3.05) is 6.54 Å². The van der Waals surface area contributed by atoms with E-state index in [4.69, 9.17) is 9.47 Å².